The number of hydrogen-bond acceptors (Lipinski definition) is 3. The molecule has 1 aromatic heterocycles. The van der Waals surface area contributed by atoms with E-state index in [1.165, 1.54) is 24.0 Å². The highest BCUT2D eigenvalue weighted by molar-refractivity contribution is 5.63. The van der Waals surface area contributed by atoms with Crippen molar-refractivity contribution < 1.29 is 4.74 Å². The van der Waals surface area contributed by atoms with Crippen molar-refractivity contribution in [2.45, 2.75) is 25.5 Å². The quantitative estimate of drug-likeness (QED) is 0.890. The van der Waals surface area contributed by atoms with Crippen molar-refractivity contribution in [3.05, 3.63) is 48.3 Å². The van der Waals surface area contributed by atoms with E-state index in [4.69, 9.17) is 4.74 Å². The molecule has 1 heterocycles. The van der Waals surface area contributed by atoms with Crippen LogP contribution in [0.2, 0.25) is 0 Å². The van der Waals surface area contributed by atoms with E-state index in [9.17, 15) is 0 Å². The summed E-state index contributed by atoms with van der Waals surface area (Å²) < 4.78 is 5.75. The largest absolute Gasteiger partial charge is 0.490 e. The van der Waals surface area contributed by atoms with E-state index < -0.39 is 0 Å². The average molecular weight is 254 g/mol. The highest BCUT2D eigenvalue weighted by atomic mass is 16.5. The van der Waals surface area contributed by atoms with Crippen LogP contribution >= 0.6 is 0 Å². The lowest BCUT2D eigenvalue weighted by Gasteiger charge is -2.07. The summed E-state index contributed by atoms with van der Waals surface area (Å²) in [6, 6.07) is 10.4. The van der Waals surface area contributed by atoms with Crippen molar-refractivity contribution >= 4 is 0 Å². The van der Waals surface area contributed by atoms with Gasteiger partial charge in [0.05, 0.1) is 6.10 Å². The molecule has 1 aliphatic carbocycles. The Balaban J connectivity index is 1.78. The first kappa shape index (κ1) is 12.2. The molecule has 3 heteroatoms. The third kappa shape index (κ3) is 3.12. The van der Waals surface area contributed by atoms with Gasteiger partial charge in [-0.15, -0.1) is 0 Å². The first-order valence-corrected chi connectivity index (χ1v) is 6.71. The van der Waals surface area contributed by atoms with Crippen molar-refractivity contribution in [1.29, 1.82) is 0 Å². The molecule has 98 valence electrons. The van der Waals surface area contributed by atoms with Crippen LogP contribution < -0.4 is 10.1 Å². The maximum atomic E-state index is 5.75. The van der Waals surface area contributed by atoms with Crippen LogP contribution in [0.4, 0.5) is 0 Å². The van der Waals surface area contributed by atoms with Gasteiger partial charge in [-0.3, -0.25) is 4.98 Å². The van der Waals surface area contributed by atoms with Crippen LogP contribution in [0, 0.1) is 0 Å². The van der Waals surface area contributed by atoms with Gasteiger partial charge in [-0.1, -0.05) is 12.1 Å². The van der Waals surface area contributed by atoms with Crippen LogP contribution in [0.3, 0.4) is 0 Å². The minimum absolute atomic E-state index is 0.450. The monoisotopic (exact) mass is 254 g/mol. The van der Waals surface area contributed by atoms with Gasteiger partial charge in [0.15, 0.2) is 0 Å². The first-order valence-electron chi connectivity index (χ1n) is 6.71. The maximum absolute atomic E-state index is 5.75. The summed E-state index contributed by atoms with van der Waals surface area (Å²) in [5.41, 5.74) is 3.51. The number of rotatable bonds is 5. The molecular weight excluding hydrogens is 236 g/mol. The lowest BCUT2D eigenvalue weighted by atomic mass is 10.1. The van der Waals surface area contributed by atoms with Crippen LogP contribution in [0.1, 0.15) is 18.4 Å². The lowest BCUT2D eigenvalue weighted by molar-refractivity contribution is 0.303. The molecule has 1 aliphatic rings. The number of ether oxygens (including phenoxy) is 1. The molecule has 1 fully saturated rings. The van der Waals surface area contributed by atoms with Gasteiger partial charge in [-0.05, 0) is 49.2 Å². The lowest BCUT2D eigenvalue weighted by Crippen LogP contribution is -2.05. The summed E-state index contributed by atoms with van der Waals surface area (Å²) in [4.78, 5) is 4.29. The van der Waals surface area contributed by atoms with E-state index in [0.29, 0.717) is 6.10 Å². The molecule has 0 atom stereocenters. The second-order valence-corrected chi connectivity index (χ2v) is 4.95. The topological polar surface area (TPSA) is 34.2 Å². The molecule has 0 amide bonds. The number of nitrogens with zero attached hydrogens (tertiary/aromatic N) is 1. The normalized spacial score (nSPS) is 14.4. The third-order valence-electron chi connectivity index (χ3n) is 3.19. The third-order valence-corrected chi connectivity index (χ3v) is 3.19. The summed E-state index contributed by atoms with van der Waals surface area (Å²) in [6.07, 6.45) is 6.63. The SMILES string of the molecule is CNCc1cncc(-c2ccc(OC3CC3)cc2)c1. The van der Waals surface area contributed by atoms with Crippen LogP contribution in [0.25, 0.3) is 11.1 Å². The van der Waals surface area contributed by atoms with Gasteiger partial charge in [-0.2, -0.15) is 0 Å². The molecule has 0 saturated heterocycles. The summed E-state index contributed by atoms with van der Waals surface area (Å²) >= 11 is 0. The highest BCUT2D eigenvalue weighted by Gasteiger charge is 2.23. The van der Waals surface area contributed by atoms with E-state index in [1.807, 2.05) is 31.6 Å². The number of pyridine rings is 1. The van der Waals surface area contributed by atoms with Gasteiger partial charge < -0.3 is 10.1 Å². The molecule has 0 aliphatic heterocycles. The standard InChI is InChI=1S/C16H18N2O/c1-17-9-12-8-14(11-18-10-12)13-2-4-15(5-3-13)19-16-6-7-16/h2-5,8,10-11,16-17H,6-7,9H2,1H3. The van der Waals surface area contributed by atoms with Crippen LogP contribution in [-0.2, 0) is 6.54 Å². The average Bonchev–Trinajstić information content (AvgIpc) is 3.24. The van der Waals surface area contributed by atoms with Crippen LogP contribution in [0.15, 0.2) is 42.7 Å². The molecule has 0 bridgehead atoms. The van der Waals surface area contributed by atoms with Gasteiger partial charge in [0.1, 0.15) is 5.75 Å². The molecule has 1 saturated carbocycles. The Bertz CT molecular complexity index is 547. The Kier molecular flexibility index (Phi) is 3.47. The number of hydrogen-bond donors (Lipinski definition) is 1. The summed E-state index contributed by atoms with van der Waals surface area (Å²) in [6.45, 7) is 0.837. The molecule has 0 spiro atoms. The van der Waals surface area contributed by atoms with E-state index >= 15 is 0 Å². The van der Waals surface area contributed by atoms with Gasteiger partial charge in [-0.25, -0.2) is 0 Å². The van der Waals surface area contributed by atoms with E-state index in [-0.39, 0.29) is 0 Å². The molecule has 2 aromatic rings. The van der Waals surface area contributed by atoms with Crippen molar-refractivity contribution in [2.75, 3.05) is 7.05 Å². The first-order chi connectivity index (χ1) is 9.35. The number of benzene rings is 1. The summed E-state index contributed by atoms with van der Waals surface area (Å²) in [5.74, 6) is 0.964. The number of nitrogens with one attached hydrogen (secondary N) is 1. The zero-order valence-corrected chi connectivity index (χ0v) is 11.1. The van der Waals surface area contributed by atoms with Crippen molar-refractivity contribution in [2.24, 2.45) is 0 Å². The minimum Gasteiger partial charge on any atom is -0.490 e. The van der Waals surface area contributed by atoms with Crippen LogP contribution in [-0.4, -0.2) is 18.1 Å². The Labute approximate surface area is 113 Å². The van der Waals surface area contributed by atoms with Gasteiger partial charge >= 0.3 is 0 Å². The zero-order valence-electron chi connectivity index (χ0n) is 11.1. The minimum atomic E-state index is 0.450. The fourth-order valence-electron chi connectivity index (χ4n) is 2.05. The Morgan fingerprint density at radius 1 is 1.16 bits per heavy atom. The summed E-state index contributed by atoms with van der Waals surface area (Å²) in [5, 5.41) is 3.14. The van der Waals surface area contributed by atoms with Gasteiger partial charge in [0.25, 0.3) is 0 Å². The fraction of sp³-hybridized carbons (Fsp3) is 0.312. The second-order valence-electron chi connectivity index (χ2n) is 4.95. The van der Waals surface area contributed by atoms with Crippen molar-refractivity contribution in [3.63, 3.8) is 0 Å². The molecular formula is C16H18N2O. The fourth-order valence-corrected chi connectivity index (χ4v) is 2.05. The van der Waals surface area contributed by atoms with E-state index in [2.05, 4.69) is 28.5 Å². The molecule has 19 heavy (non-hydrogen) atoms. The van der Waals surface area contributed by atoms with Gasteiger partial charge in [0, 0.05) is 24.5 Å². The van der Waals surface area contributed by atoms with Crippen LogP contribution in [0.5, 0.6) is 5.75 Å². The molecule has 0 radical (unpaired) electrons. The molecule has 0 unspecified atom stereocenters. The Morgan fingerprint density at radius 2 is 1.95 bits per heavy atom. The summed E-state index contributed by atoms with van der Waals surface area (Å²) in [7, 11) is 1.94. The molecule has 1 aromatic carbocycles. The Morgan fingerprint density at radius 3 is 2.63 bits per heavy atom. The predicted octanol–water partition coefficient (Wildman–Crippen LogP) is 3.01. The molecule has 1 N–H and O–H groups in total. The van der Waals surface area contributed by atoms with Gasteiger partial charge in [0.2, 0.25) is 0 Å². The van der Waals surface area contributed by atoms with Crippen molar-refractivity contribution in [3.8, 4) is 16.9 Å². The predicted molar refractivity (Wildman–Crippen MR) is 76.1 cm³/mol. The molecule has 3 nitrogen and oxygen atoms in total. The maximum Gasteiger partial charge on any atom is 0.119 e. The molecule has 3 rings (SSSR count). The Hall–Kier alpha value is -1.87. The number of aromatic nitrogens is 1. The zero-order chi connectivity index (χ0) is 13.1. The highest BCUT2D eigenvalue weighted by Crippen LogP contribution is 2.28. The second kappa shape index (κ2) is 5.41. The smallest absolute Gasteiger partial charge is 0.119 e. The van der Waals surface area contributed by atoms with E-state index in [0.717, 1.165) is 17.9 Å². The van der Waals surface area contributed by atoms with Crippen molar-refractivity contribution in [1.82, 2.24) is 10.3 Å². The van der Waals surface area contributed by atoms with E-state index in [1.54, 1.807) is 0 Å².